The van der Waals surface area contributed by atoms with Crippen LogP contribution in [0, 0.1) is 0 Å². The number of nitrogens with two attached hydrogens (primary N) is 1. The summed E-state index contributed by atoms with van der Waals surface area (Å²) in [6, 6.07) is 0.124. The Bertz CT molecular complexity index is 656. The zero-order valence-electron chi connectivity index (χ0n) is 9.23. The van der Waals surface area contributed by atoms with Crippen LogP contribution in [0.25, 0.3) is 0 Å². The molecule has 0 aliphatic carbocycles. The van der Waals surface area contributed by atoms with E-state index in [4.69, 9.17) is 10.8 Å². The van der Waals surface area contributed by atoms with Gasteiger partial charge in [-0.25, -0.2) is 14.4 Å². The zero-order chi connectivity index (χ0) is 14.4. The third-order valence-electron chi connectivity index (χ3n) is 1.61. The predicted molar refractivity (Wildman–Crippen MR) is 59.6 cm³/mol. The number of carbonyl (C=O) groups excluding carboxylic acids is 1. The van der Waals surface area contributed by atoms with Gasteiger partial charge in [0.1, 0.15) is 5.69 Å². The van der Waals surface area contributed by atoms with Crippen molar-refractivity contribution >= 4 is 12.0 Å². The Kier molecular flexibility index (Phi) is 4.29. The number of nitrogens with zero attached hydrogens (tertiary/aromatic N) is 3. The molecule has 0 aromatic carbocycles. The van der Waals surface area contributed by atoms with E-state index in [1.807, 2.05) is 9.97 Å². The smallest absolute Gasteiger partial charge is 0.356 e. The number of hydrogen-bond acceptors (Lipinski definition) is 6. The number of rotatable bonds is 1. The molecule has 0 spiro atoms. The maximum absolute atomic E-state index is 10.5. The van der Waals surface area contributed by atoms with Crippen molar-refractivity contribution in [2.45, 2.75) is 0 Å². The summed E-state index contributed by atoms with van der Waals surface area (Å²) in [7, 11) is 0. The summed E-state index contributed by atoms with van der Waals surface area (Å²) >= 11 is 0. The molecule has 19 heavy (non-hydrogen) atoms. The molecule has 0 radical (unpaired) electrons. The molecule has 11 heteroatoms. The molecule has 0 saturated heterocycles. The molecule has 0 unspecified atom stereocenters. The largest absolute Gasteiger partial charge is 0.477 e. The van der Waals surface area contributed by atoms with E-state index in [2.05, 4.69) is 10.2 Å². The molecule has 2 aromatic heterocycles. The Morgan fingerprint density at radius 3 is 2.16 bits per heavy atom. The molecule has 0 fully saturated rings. The molecule has 0 atom stereocenters. The monoisotopic (exact) mass is 268 g/mol. The van der Waals surface area contributed by atoms with Gasteiger partial charge in [0.05, 0.1) is 12.4 Å². The van der Waals surface area contributed by atoms with Crippen LogP contribution in [0.4, 0.5) is 4.79 Å². The van der Waals surface area contributed by atoms with Gasteiger partial charge in [0.15, 0.2) is 0 Å². The fourth-order valence-corrected chi connectivity index (χ4v) is 0.913. The van der Waals surface area contributed by atoms with Crippen LogP contribution >= 0.6 is 0 Å². The number of aromatic nitrogens is 5. The summed E-state index contributed by atoms with van der Waals surface area (Å²) in [5.41, 5.74) is 2.78. The lowest BCUT2D eigenvalue weighted by atomic mass is 10.4. The number of H-pyrrole nitrogens is 2. The summed E-state index contributed by atoms with van der Waals surface area (Å²) in [4.78, 5) is 45.8. The van der Waals surface area contributed by atoms with Crippen molar-refractivity contribution in [3.8, 4) is 0 Å². The minimum absolute atomic E-state index is 0.418. The van der Waals surface area contributed by atoms with Crippen LogP contribution in [0.1, 0.15) is 10.5 Å². The molecule has 0 saturated carbocycles. The Morgan fingerprint density at radius 1 is 1.21 bits per heavy atom. The Balaban J connectivity index is 0.000000200. The maximum Gasteiger partial charge on any atom is 0.356 e. The third kappa shape index (κ3) is 4.26. The number of nitrogens with one attached hydrogen (secondary N) is 2. The van der Waals surface area contributed by atoms with Crippen molar-refractivity contribution in [3.63, 3.8) is 0 Å². The van der Waals surface area contributed by atoms with Gasteiger partial charge in [0.2, 0.25) is 0 Å². The lowest BCUT2D eigenvalue weighted by molar-refractivity contribution is 0.0689. The summed E-state index contributed by atoms with van der Waals surface area (Å²) in [6.07, 6.45) is 2.76. The molecule has 1 amide bonds. The highest BCUT2D eigenvalue weighted by molar-refractivity contribution is 5.84. The van der Waals surface area contributed by atoms with Crippen LogP contribution < -0.4 is 17.0 Å². The third-order valence-corrected chi connectivity index (χ3v) is 1.61. The fraction of sp³-hybridized carbons (Fsp3) is 0. The standard InChI is InChI=1S/C5H4N2O4.C3H4N4O/c8-3-1-2(4(9)10)6-5(11)7-3;4-3(8)7-5-1-2-6-7/h1H,(H,9,10)(H2,6,7,8,11);1-2H,(H2,4,8). The first-order valence-corrected chi connectivity index (χ1v) is 4.63. The van der Waals surface area contributed by atoms with Crippen molar-refractivity contribution in [1.29, 1.82) is 0 Å². The molecule has 2 rings (SSSR count). The first-order chi connectivity index (χ1) is 8.90. The van der Waals surface area contributed by atoms with E-state index >= 15 is 0 Å². The van der Waals surface area contributed by atoms with Crippen LogP contribution in [0.3, 0.4) is 0 Å². The van der Waals surface area contributed by atoms with Gasteiger partial charge in [-0.05, 0) is 0 Å². The fourth-order valence-electron chi connectivity index (χ4n) is 0.913. The molecular formula is C8H8N6O5. The number of aromatic carboxylic acids is 1. The second-order valence-corrected chi connectivity index (χ2v) is 2.96. The van der Waals surface area contributed by atoms with Gasteiger partial charge in [-0.3, -0.25) is 9.78 Å². The van der Waals surface area contributed by atoms with E-state index in [0.717, 1.165) is 10.9 Å². The first kappa shape index (κ1) is 13.8. The highest BCUT2D eigenvalue weighted by Crippen LogP contribution is 1.81. The number of aromatic amines is 2. The van der Waals surface area contributed by atoms with Crippen LogP contribution in [0.15, 0.2) is 28.0 Å². The minimum Gasteiger partial charge on any atom is -0.477 e. The number of primary amides is 1. The second kappa shape index (κ2) is 5.90. The highest BCUT2D eigenvalue weighted by Gasteiger charge is 2.03. The molecule has 0 aliphatic heterocycles. The quantitative estimate of drug-likeness (QED) is 0.460. The Morgan fingerprint density at radius 2 is 1.79 bits per heavy atom. The van der Waals surface area contributed by atoms with E-state index in [9.17, 15) is 19.2 Å². The number of amides is 1. The molecular weight excluding hydrogens is 260 g/mol. The van der Waals surface area contributed by atoms with Crippen molar-refractivity contribution in [2.24, 2.45) is 5.73 Å². The SMILES string of the molecule is NC(=O)n1nccn1.O=C(O)c1cc(=O)[nH]c(=O)[nH]1. The maximum atomic E-state index is 10.5. The van der Waals surface area contributed by atoms with E-state index in [-0.39, 0.29) is 0 Å². The van der Waals surface area contributed by atoms with Gasteiger partial charge < -0.3 is 15.8 Å². The zero-order valence-corrected chi connectivity index (χ0v) is 9.23. The first-order valence-electron chi connectivity index (χ1n) is 4.63. The summed E-state index contributed by atoms with van der Waals surface area (Å²) in [6.45, 7) is 0. The van der Waals surface area contributed by atoms with E-state index in [1.165, 1.54) is 12.4 Å². The summed E-state index contributed by atoms with van der Waals surface area (Å²) in [5, 5.41) is 15.2. The van der Waals surface area contributed by atoms with Crippen LogP contribution in [-0.4, -0.2) is 42.1 Å². The van der Waals surface area contributed by atoms with E-state index in [1.54, 1.807) is 0 Å². The van der Waals surface area contributed by atoms with Gasteiger partial charge in [0.25, 0.3) is 5.56 Å². The van der Waals surface area contributed by atoms with Crippen LogP contribution in [0.5, 0.6) is 0 Å². The number of hydrogen-bond donors (Lipinski definition) is 4. The lowest BCUT2D eigenvalue weighted by Crippen LogP contribution is -2.24. The van der Waals surface area contributed by atoms with Gasteiger partial charge >= 0.3 is 17.7 Å². The van der Waals surface area contributed by atoms with E-state index < -0.39 is 28.9 Å². The van der Waals surface area contributed by atoms with Gasteiger partial charge in [-0.1, -0.05) is 4.80 Å². The van der Waals surface area contributed by atoms with E-state index in [0.29, 0.717) is 0 Å². The van der Waals surface area contributed by atoms with Gasteiger partial charge in [-0.15, -0.1) is 0 Å². The number of carboxylic acids is 1. The van der Waals surface area contributed by atoms with Gasteiger partial charge in [0, 0.05) is 6.07 Å². The molecule has 5 N–H and O–H groups in total. The van der Waals surface area contributed by atoms with Crippen LogP contribution in [-0.2, 0) is 0 Å². The molecule has 100 valence electrons. The van der Waals surface area contributed by atoms with Crippen molar-refractivity contribution in [1.82, 2.24) is 25.0 Å². The molecule has 11 nitrogen and oxygen atoms in total. The molecule has 0 bridgehead atoms. The Hall–Kier alpha value is -3.24. The molecule has 0 aliphatic rings. The molecule has 2 heterocycles. The number of carbonyl (C=O) groups is 2. The summed E-state index contributed by atoms with van der Waals surface area (Å²) in [5.74, 6) is -1.34. The number of carboxylic acid groups (broad SMARTS) is 1. The second-order valence-electron chi connectivity index (χ2n) is 2.96. The average Bonchev–Trinajstić information content (AvgIpc) is 2.81. The molecule has 2 aromatic rings. The van der Waals surface area contributed by atoms with Crippen molar-refractivity contribution in [2.75, 3.05) is 0 Å². The van der Waals surface area contributed by atoms with Crippen LogP contribution in [0.2, 0.25) is 0 Å². The predicted octanol–water partition coefficient (Wildman–Crippen LogP) is -2.03. The average molecular weight is 268 g/mol. The minimum atomic E-state index is -1.34. The lowest BCUT2D eigenvalue weighted by Gasteiger charge is -1.89. The van der Waals surface area contributed by atoms with Crippen molar-refractivity contribution < 1.29 is 14.7 Å². The normalized spacial score (nSPS) is 9.26. The Labute approximate surface area is 103 Å². The topological polar surface area (TPSA) is 177 Å². The van der Waals surface area contributed by atoms with Gasteiger partial charge in [-0.2, -0.15) is 10.2 Å². The van der Waals surface area contributed by atoms with Crippen molar-refractivity contribution in [3.05, 3.63) is 45.0 Å². The summed E-state index contributed by atoms with van der Waals surface area (Å²) < 4.78 is 0. The highest BCUT2D eigenvalue weighted by atomic mass is 16.4.